The Hall–Kier alpha value is -3.03. The first-order valence-corrected chi connectivity index (χ1v) is 11.3. The summed E-state index contributed by atoms with van der Waals surface area (Å²) in [6.07, 6.45) is 1.11. The minimum Gasteiger partial charge on any atom is -0.508 e. The van der Waals surface area contributed by atoms with Gasteiger partial charge in [-0.2, -0.15) is 0 Å². The molecule has 1 heterocycles. The molecule has 1 N–H and O–H groups in total. The summed E-state index contributed by atoms with van der Waals surface area (Å²) >= 11 is 1.23. The Labute approximate surface area is 170 Å². The molecule has 29 heavy (non-hydrogen) atoms. The lowest BCUT2D eigenvalue weighted by Crippen LogP contribution is -2.02. The van der Waals surface area contributed by atoms with Crippen LogP contribution in [0, 0.1) is 5.82 Å². The molecule has 0 aliphatic carbocycles. The summed E-state index contributed by atoms with van der Waals surface area (Å²) in [6.45, 7) is 0. The van der Waals surface area contributed by atoms with Crippen LogP contribution in [0.25, 0.3) is 21.2 Å². The Balaban J connectivity index is 1.89. The van der Waals surface area contributed by atoms with Gasteiger partial charge in [-0.3, -0.25) is 4.79 Å². The number of rotatable bonds is 4. The number of aromatic hydroxyl groups is 1. The van der Waals surface area contributed by atoms with Crippen molar-refractivity contribution in [2.45, 2.75) is 4.90 Å². The van der Waals surface area contributed by atoms with Crippen molar-refractivity contribution in [1.29, 1.82) is 0 Å². The highest BCUT2D eigenvalue weighted by Crippen LogP contribution is 2.41. The van der Waals surface area contributed by atoms with Gasteiger partial charge in [0.05, 0.1) is 9.77 Å². The molecule has 0 radical (unpaired) electrons. The van der Waals surface area contributed by atoms with Crippen LogP contribution in [0.3, 0.4) is 0 Å². The molecule has 4 aromatic rings. The second-order valence-electron chi connectivity index (χ2n) is 6.62. The summed E-state index contributed by atoms with van der Waals surface area (Å²) in [5.74, 6) is -0.568. The van der Waals surface area contributed by atoms with Gasteiger partial charge in [0, 0.05) is 27.5 Å². The van der Waals surface area contributed by atoms with Crippen LogP contribution in [-0.2, 0) is 9.84 Å². The molecule has 4 rings (SSSR count). The maximum Gasteiger partial charge on any atom is 0.203 e. The number of hydrogen-bond donors (Lipinski definition) is 1. The number of phenols is 1. The third kappa shape index (κ3) is 3.66. The number of benzene rings is 3. The highest BCUT2D eigenvalue weighted by molar-refractivity contribution is 7.90. The first-order valence-electron chi connectivity index (χ1n) is 8.60. The number of ketones is 1. The molecule has 0 bridgehead atoms. The molecule has 0 spiro atoms. The molecule has 1 aromatic heterocycles. The lowest BCUT2D eigenvalue weighted by molar-refractivity contribution is 0.104. The second kappa shape index (κ2) is 7.09. The van der Waals surface area contributed by atoms with Crippen molar-refractivity contribution in [2.24, 2.45) is 0 Å². The fourth-order valence-electron chi connectivity index (χ4n) is 3.13. The van der Waals surface area contributed by atoms with Crippen molar-refractivity contribution >= 4 is 37.0 Å². The lowest BCUT2D eigenvalue weighted by Gasteiger charge is -2.06. The second-order valence-corrected chi connectivity index (χ2v) is 9.69. The molecular formula is C22H15FO4S2. The maximum atomic E-state index is 13.4. The largest absolute Gasteiger partial charge is 0.508 e. The molecular weight excluding hydrogens is 411 g/mol. The molecule has 0 saturated carbocycles. The first kappa shape index (κ1) is 19.3. The predicted octanol–water partition coefficient (Wildman–Crippen LogP) is 5.05. The molecule has 0 atom stereocenters. The van der Waals surface area contributed by atoms with E-state index in [2.05, 4.69) is 0 Å². The number of hydrogen-bond acceptors (Lipinski definition) is 5. The zero-order valence-corrected chi connectivity index (χ0v) is 16.9. The van der Waals surface area contributed by atoms with Gasteiger partial charge in [-0.1, -0.05) is 12.1 Å². The molecule has 0 unspecified atom stereocenters. The Bertz CT molecular complexity index is 1340. The summed E-state index contributed by atoms with van der Waals surface area (Å²) in [7, 11) is -3.36. The van der Waals surface area contributed by atoms with Crippen molar-refractivity contribution in [3.8, 4) is 16.9 Å². The van der Waals surface area contributed by atoms with Crippen LogP contribution in [0.2, 0.25) is 0 Å². The number of sulfone groups is 1. The van der Waals surface area contributed by atoms with E-state index in [0.29, 0.717) is 21.6 Å². The SMILES string of the molecule is CS(=O)(=O)c1ccc(C(=O)c2sc3cc(O)ccc3c2-c2ccc(F)cc2)cc1. The van der Waals surface area contributed by atoms with Crippen molar-refractivity contribution in [1.82, 2.24) is 0 Å². The van der Waals surface area contributed by atoms with E-state index in [9.17, 15) is 22.7 Å². The molecule has 146 valence electrons. The van der Waals surface area contributed by atoms with Gasteiger partial charge in [0.2, 0.25) is 5.78 Å². The van der Waals surface area contributed by atoms with Crippen LogP contribution in [0.5, 0.6) is 5.75 Å². The van der Waals surface area contributed by atoms with E-state index in [1.165, 1.54) is 53.8 Å². The van der Waals surface area contributed by atoms with E-state index >= 15 is 0 Å². The Morgan fingerprint density at radius 3 is 2.24 bits per heavy atom. The van der Waals surface area contributed by atoms with Gasteiger partial charge in [0.1, 0.15) is 11.6 Å². The third-order valence-corrected chi connectivity index (χ3v) is 6.84. The standard InChI is InChI=1S/C22H15FO4S2/c1-29(26,27)17-9-4-14(5-10-17)21(25)22-20(13-2-6-15(23)7-3-13)18-11-8-16(24)12-19(18)28-22/h2-12,24H,1H3. The van der Waals surface area contributed by atoms with Gasteiger partial charge >= 0.3 is 0 Å². The van der Waals surface area contributed by atoms with Crippen LogP contribution in [0.15, 0.2) is 71.6 Å². The van der Waals surface area contributed by atoms with Crippen LogP contribution >= 0.6 is 11.3 Å². The van der Waals surface area contributed by atoms with Gasteiger partial charge in [-0.25, -0.2) is 12.8 Å². The monoisotopic (exact) mass is 426 g/mol. The summed E-state index contributed by atoms with van der Waals surface area (Å²) in [5.41, 5.74) is 1.68. The minimum atomic E-state index is -3.36. The van der Waals surface area contributed by atoms with Crippen LogP contribution in [0.4, 0.5) is 4.39 Å². The number of fused-ring (bicyclic) bond motifs is 1. The van der Waals surface area contributed by atoms with Crippen molar-refractivity contribution in [3.63, 3.8) is 0 Å². The fourth-order valence-corrected chi connectivity index (χ4v) is 4.98. The number of thiophene rings is 1. The number of phenolic OH excluding ortho intramolecular Hbond substituents is 1. The lowest BCUT2D eigenvalue weighted by atomic mass is 9.98. The van der Waals surface area contributed by atoms with E-state index in [4.69, 9.17) is 0 Å². The molecule has 0 aliphatic rings. The molecule has 0 saturated heterocycles. The molecule has 4 nitrogen and oxygen atoms in total. The molecule has 7 heteroatoms. The summed E-state index contributed by atoms with van der Waals surface area (Å²) in [4.78, 5) is 13.8. The average Bonchev–Trinajstić information content (AvgIpc) is 3.06. The quantitative estimate of drug-likeness (QED) is 0.464. The highest BCUT2D eigenvalue weighted by atomic mass is 32.2. The zero-order chi connectivity index (χ0) is 20.8. The highest BCUT2D eigenvalue weighted by Gasteiger charge is 2.22. The van der Waals surface area contributed by atoms with Crippen molar-refractivity contribution in [3.05, 3.63) is 83.0 Å². The van der Waals surface area contributed by atoms with E-state index < -0.39 is 9.84 Å². The van der Waals surface area contributed by atoms with Crippen molar-refractivity contribution < 1.29 is 22.7 Å². The summed E-state index contributed by atoms with van der Waals surface area (Å²) in [6, 6.07) is 16.5. The molecule has 0 aliphatic heterocycles. The average molecular weight is 426 g/mol. The first-order chi connectivity index (χ1) is 13.7. The molecule has 0 fully saturated rings. The Kier molecular flexibility index (Phi) is 4.72. The normalized spacial score (nSPS) is 11.7. The summed E-state index contributed by atoms with van der Waals surface area (Å²) < 4.78 is 37.5. The van der Waals surface area contributed by atoms with Crippen LogP contribution in [-0.4, -0.2) is 25.6 Å². The van der Waals surface area contributed by atoms with E-state index in [1.54, 1.807) is 24.3 Å². The third-order valence-electron chi connectivity index (χ3n) is 4.56. The van der Waals surface area contributed by atoms with E-state index in [0.717, 1.165) is 16.3 Å². The molecule has 0 amide bonds. The van der Waals surface area contributed by atoms with Crippen molar-refractivity contribution in [2.75, 3.05) is 6.26 Å². The van der Waals surface area contributed by atoms with Crippen LogP contribution in [0.1, 0.15) is 15.2 Å². The maximum absolute atomic E-state index is 13.4. The molecule has 3 aromatic carbocycles. The van der Waals surface area contributed by atoms with E-state index in [1.807, 2.05) is 0 Å². The number of carbonyl (C=O) groups excluding carboxylic acids is 1. The predicted molar refractivity (Wildman–Crippen MR) is 112 cm³/mol. The zero-order valence-electron chi connectivity index (χ0n) is 15.2. The Morgan fingerprint density at radius 1 is 0.966 bits per heavy atom. The van der Waals surface area contributed by atoms with Crippen LogP contribution < -0.4 is 0 Å². The number of carbonyl (C=O) groups is 1. The number of halogens is 1. The van der Waals surface area contributed by atoms with Gasteiger partial charge in [0.25, 0.3) is 0 Å². The van der Waals surface area contributed by atoms with Gasteiger partial charge in [0.15, 0.2) is 9.84 Å². The van der Waals surface area contributed by atoms with E-state index in [-0.39, 0.29) is 22.2 Å². The minimum absolute atomic E-state index is 0.0842. The topological polar surface area (TPSA) is 71.4 Å². The Morgan fingerprint density at radius 2 is 1.62 bits per heavy atom. The van der Waals surface area contributed by atoms with Gasteiger partial charge in [-0.15, -0.1) is 11.3 Å². The van der Waals surface area contributed by atoms with Gasteiger partial charge in [-0.05, 0) is 60.2 Å². The summed E-state index contributed by atoms with van der Waals surface area (Å²) in [5, 5.41) is 10.6. The fraction of sp³-hybridized carbons (Fsp3) is 0.0455. The smallest absolute Gasteiger partial charge is 0.203 e. The van der Waals surface area contributed by atoms with Gasteiger partial charge < -0.3 is 5.11 Å².